The number of likely N-dealkylation sites (tertiary alicyclic amines) is 1. The molecule has 124 valence electrons. The van der Waals surface area contributed by atoms with Gasteiger partial charge in [0.2, 0.25) is 0 Å². The summed E-state index contributed by atoms with van der Waals surface area (Å²) in [6, 6.07) is 8.54. The van der Waals surface area contributed by atoms with E-state index >= 15 is 0 Å². The van der Waals surface area contributed by atoms with Crippen molar-refractivity contribution in [2.45, 2.75) is 25.8 Å². The van der Waals surface area contributed by atoms with Gasteiger partial charge in [0, 0.05) is 31.5 Å². The third-order valence-electron chi connectivity index (χ3n) is 4.06. The predicted molar refractivity (Wildman–Crippen MR) is 95.6 cm³/mol. The van der Waals surface area contributed by atoms with Crippen LogP contribution in [0.2, 0.25) is 0 Å². The molecule has 0 atom stereocenters. The number of hydrogen-bond donors (Lipinski definition) is 0. The molecule has 1 fully saturated rings. The Morgan fingerprint density at radius 1 is 1.13 bits per heavy atom. The van der Waals surface area contributed by atoms with Gasteiger partial charge in [0.25, 0.3) is 0 Å². The van der Waals surface area contributed by atoms with Crippen molar-refractivity contribution in [3.05, 3.63) is 71.8 Å². The van der Waals surface area contributed by atoms with Crippen molar-refractivity contribution < 1.29 is 4.39 Å². The Hall–Kier alpha value is -1.58. The van der Waals surface area contributed by atoms with Gasteiger partial charge in [0.15, 0.2) is 0 Å². The number of nitrogens with zero attached hydrogens (tertiary/aromatic N) is 2. The number of piperidine rings is 1. The fourth-order valence-electron chi connectivity index (χ4n) is 2.70. The fourth-order valence-corrected chi connectivity index (χ4v) is 2.89. The van der Waals surface area contributed by atoms with Crippen LogP contribution in [0.4, 0.5) is 4.39 Å². The summed E-state index contributed by atoms with van der Waals surface area (Å²) in [5.74, 6) is -0.178. The first-order valence-electron chi connectivity index (χ1n) is 8.11. The lowest BCUT2D eigenvalue weighted by atomic mass is 10.0. The number of halogens is 2. The quantitative estimate of drug-likeness (QED) is 0.769. The third kappa shape index (κ3) is 6.20. The molecule has 0 aromatic heterocycles. The molecule has 2 aliphatic rings. The lowest BCUT2D eigenvalue weighted by Crippen LogP contribution is -2.41. The molecular weight excluding hydrogens is 311 g/mol. The van der Waals surface area contributed by atoms with Crippen molar-refractivity contribution in [1.82, 2.24) is 9.80 Å². The van der Waals surface area contributed by atoms with E-state index in [-0.39, 0.29) is 5.82 Å². The molecule has 2 heterocycles. The predicted octanol–water partition coefficient (Wildman–Crippen LogP) is 4.76. The summed E-state index contributed by atoms with van der Waals surface area (Å²) in [5.41, 5.74) is 0. The molecule has 0 saturated carbocycles. The SMILES string of the molecule is CCN1CCC(N2C=CC=CC(Cl)=C2)CC1.Fc1ccccc1. The highest BCUT2D eigenvalue weighted by atomic mass is 35.5. The summed E-state index contributed by atoms with van der Waals surface area (Å²) in [6.45, 7) is 5.79. The summed E-state index contributed by atoms with van der Waals surface area (Å²) in [7, 11) is 0. The summed E-state index contributed by atoms with van der Waals surface area (Å²) in [5, 5.41) is 0.808. The Bertz CT molecular complexity index is 546. The van der Waals surface area contributed by atoms with Crippen LogP contribution in [-0.4, -0.2) is 35.5 Å². The van der Waals surface area contributed by atoms with E-state index in [4.69, 9.17) is 11.6 Å². The Morgan fingerprint density at radius 2 is 1.83 bits per heavy atom. The van der Waals surface area contributed by atoms with Crippen LogP contribution in [-0.2, 0) is 0 Å². The van der Waals surface area contributed by atoms with E-state index in [2.05, 4.69) is 29.0 Å². The zero-order chi connectivity index (χ0) is 16.5. The van der Waals surface area contributed by atoms with Crippen molar-refractivity contribution in [3.63, 3.8) is 0 Å². The molecule has 2 nitrogen and oxygen atoms in total. The lowest BCUT2D eigenvalue weighted by Gasteiger charge is -2.36. The number of allylic oxidation sites excluding steroid dienone is 4. The summed E-state index contributed by atoms with van der Waals surface area (Å²) in [6.07, 6.45) is 12.6. The molecule has 1 saturated heterocycles. The highest BCUT2D eigenvalue weighted by Gasteiger charge is 2.21. The van der Waals surface area contributed by atoms with E-state index in [1.54, 1.807) is 18.2 Å². The van der Waals surface area contributed by atoms with Crippen LogP contribution >= 0.6 is 11.6 Å². The molecule has 2 aliphatic heterocycles. The lowest BCUT2D eigenvalue weighted by molar-refractivity contribution is 0.171. The Kier molecular flexibility index (Phi) is 7.37. The maximum Gasteiger partial charge on any atom is 0.123 e. The van der Waals surface area contributed by atoms with E-state index < -0.39 is 0 Å². The largest absolute Gasteiger partial charge is 0.350 e. The van der Waals surface area contributed by atoms with Gasteiger partial charge in [0.1, 0.15) is 5.82 Å². The highest BCUT2D eigenvalue weighted by molar-refractivity contribution is 6.31. The van der Waals surface area contributed by atoms with Crippen molar-refractivity contribution in [1.29, 1.82) is 0 Å². The minimum Gasteiger partial charge on any atom is -0.350 e. The number of rotatable bonds is 2. The smallest absolute Gasteiger partial charge is 0.123 e. The maximum atomic E-state index is 11.9. The monoisotopic (exact) mass is 334 g/mol. The Morgan fingerprint density at radius 3 is 2.39 bits per heavy atom. The maximum absolute atomic E-state index is 11.9. The second kappa shape index (κ2) is 9.53. The molecule has 23 heavy (non-hydrogen) atoms. The summed E-state index contributed by atoms with van der Waals surface area (Å²) >= 11 is 6.07. The molecule has 4 heteroatoms. The minimum absolute atomic E-state index is 0.178. The van der Waals surface area contributed by atoms with E-state index in [9.17, 15) is 4.39 Å². The zero-order valence-electron chi connectivity index (χ0n) is 13.5. The van der Waals surface area contributed by atoms with E-state index in [1.165, 1.54) is 44.6 Å². The first kappa shape index (κ1) is 17.8. The van der Waals surface area contributed by atoms with Gasteiger partial charge in [-0.15, -0.1) is 0 Å². The van der Waals surface area contributed by atoms with Crippen LogP contribution in [0, 0.1) is 5.82 Å². The van der Waals surface area contributed by atoms with Crippen LogP contribution in [0.3, 0.4) is 0 Å². The number of benzene rings is 1. The summed E-state index contributed by atoms with van der Waals surface area (Å²) in [4.78, 5) is 4.76. The molecule has 0 spiro atoms. The topological polar surface area (TPSA) is 6.48 Å². The average molecular weight is 335 g/mol. The highest BCUT2D eigenvalue weighted by Crippen LogP contribution is 2.20. The molecule has 1 aromatic carbocycles. The van der Waals surface area contributed by atoms with Gasteiger partial charge < -0.3 is 9.80 Å². The second-order valence-electron chi connectivity index (χ2n) is 5.62. The molecule has 0 radical (unpaired) electrons. The standard InChI is InChI=1S/C13H19ClN2.C6H5F/c1-2-15-9-6-13(7-10-15)16-8-4-3-5-12(14)11-16;7-6-4-2-1-3-5-6/h3-5,8,11,13H,2,6-7,9-10H2,1H3;1-5H. The van der Waals surface area contributed by atoms with Gasteiger partial charge in [-0.1, -0.05) is 42.8 Å². The van der Waals surface area contributed by atoms with E-state index in [1.807, 2.05) is 18.4 Å². The van der Waals surface area contributed by atoms with Gasteiger partial charge in [-0.2, -0.15) is 0 Å². The van der Waals surface area contributed by atoms with Crippen molar-refractivity contribution in [3.8, 4) is 0 Å². The van der Waals surface area contributed by atoms with Crippen LogP contribution in [0.5, 0.6) is 0 Å². The minimum atomic E-state index is -0.178. The summed E-state index contributed by atoms with van der Waals surface area (Å²) < 4.78 is 11.9. The van der Waals surface area contributed by atoms with Gasteiger partial charge in [-0.3, -0.25) is 0 Å². The molecule has 3 rings (SSSR count). The molecule has 1 aromatic rings. The molecular formula is C19H24ClFN2. The molecule has 0 aliphatic carbocycles. The number of hydrogen-bond acceptors (Lipinski definition) is 2. The average Bonchev–Trinajstić information content (AvgIpc) is 2.81. The normalized spacial score (nSPS) is 18.9. The van der Waals surface area contributed by atoms with Crippen LogP contribution in [0.1, 0.15) is 19.8 Å². The van der Waals surface area contributed by atoms with Crippen molar-refractivity contribution in [2.75, 3.05) is 19.6 Å². The fraction of sp³-hybridized carbons (Fsp3) is 0.368. The van der Waals surface area contributed by atoms with Crippen LogP contribution in [0.25, 0.3) is 0 Å². The van der Waals surface area contributed by atoms with Crippen LogP contribution in [0.15, 0.2) is 66.0 Å². The molecule has 0 N–H and O–H groups in total. The second-order valence-corrected chi connectivity index (χ2v) is 6.06. The van der Waals surface area contributed by atoms with Gasteiger partial charge >= 0.3 is 0 Å². The van der Waals surface area contributed by atoms with Gasteiger partial charge in [0.05, 0.1) is 5.03 Å². The molecule has 0 bridgehead atoms. The first-order chi connectivity index (χ1) is 11.2. The first-order valence-corrected chi connectivity index (χ1v) is 8.49. The van der Waals surface area contributed by atoms with Crippen LogP contribution < -0.4 is 0 Å². The van der Waals surface area contributed by atoms with E-state index in [0.29, 0.717) is 6.04 Å². The third-order valence-corrected chi connectivity index (χ3v) is 4.28. The molecule has 0 amide bonds. The Labute approximate surface area is 143 Å². The van der Waals surface area contributed by atoms with Gasteiger partial charge in [-0.05, 0) is 43.7 Å². The van der Waals surface area contributed by atoms with Gasteiger partial charge in [-0.25, -0.2) is 4.39 Å². The Balaban J connectivity index is 0.000000229. The zero-order valence-corrected chi connectivity index (χ0v) is 14.3. The molecule has 0 unspecified atom stereocenters. The van der Waals surface area contributed by atoms with E-state index in [0.717, 1.165) is 5.03 Å². The van der Waals surface area contributed by atoms with Crippen molar-refractivity contribution >= 4 is 11.6 Å². The van der Waals surface area contributed by atoms with Crippen molar-refractivity contribution in [2.24, 2.45) is 0 Å².